The summed E-state index contributed by atoms with van der Waals surface area (Å²) in [6.07, 6.45) is 4.26. The zero-order valence-corrected chi connectivity index (χ0v) is 11.4. The van der Waals surface area contributed by atoms with Crippen LogP contribution in [-0.4, -0.2) is 29.2 Å². The molecule has 2 nitrogen and oxygen atoms in total. The molecule has 1 fully saturated rings. The van der Waals surface area contributed by atoms with Gasteiger partial charge in [0.2, 0.25) is 5.91 Å². The van der Waals surface area contributed by atoms with Gasteiger partial charge >= 0.3 is 0 Å². The lowest BCUT2D eigenvalue weighted by molar-refractivity contribution is -0.131. The molecule has 2 unspecified atom stereocenters. The van der Waals surface area contributed by atoms with Gasteiger partial charge in [0, 0.05) is 24.8 Å². The van der Waals surface area contributed by atoms with Gasteiger partial charge in [0.15, 0.2) is 0 Å². The minimum absolute atomic E-state index is 0.360. The molecule has 1 aliphatic heterocycles. The van der Waals surface area contributed by atoms with Crippen LogP contribution in [0.2, 0.25) is 0 Å². The Morgan fingerprint density at radius 1 is 1.53 bits per heavy atom. The predicted molar refractivity (Wildman–Crippen MR) is 67.2 cm³/mol. The van der Waals surface area contributed by atoms with Crippen LogP contribution >= 0.6 is 15.9 Å². The summed E-state index contributed by atoms with van der Waals surface area (Å²) in [6.45, 7) is 6.30. The van der Waals surface area contributed by atoms with E-state index in [1.54, 1.807) is 0 Å². The molecule has 0 spiro atoms. The third-order valence-electron chi connectivity index (χ3n) is 3.30. The van der Waals surface area contributed by atoms with Crippen LogP contribution in [0.25, 0.3) is 0 Å². The van der Waals surface area contributed by atoms with Crippen molar-refractivity contribution in [3.05, 3.63) is 0 Å². The van der Waals surface area contributed by atoms with Crippen molar-refractivity contribution in [2.75, 3.05) is 18.4 Å². The van der Waals surface area contributed by atoms with E-state index in [4.69, 9.17) is 0 Å². The van der Waals surface area contributed by atoms with E-state index in [2.05, 4.69) is 34.7 Å². The van der Waals surface area contributed by atoms with Crippen LogP contribution in [0.5, 0.6) is 0 Å². The van der Waals surface area contributed by atoms with E-state index in [0.29, 0.717) is 11.8 Å². The molecule has 0 saturated carbocycles. The Morgan fingerprint density at radius 2 is 2.27 bits per heavy atom. The van der Waals surface area contributed by atoms with Crippen molar-refractivity contribution in [1.29, 1.82) is 0 Å². The van der Waals surface area contributed by atoms with E-state index < -0.39 is 0 Å². The maximum atomic E-state index is 11.8. The first-order valence-corrected chi connectivity index (χ1v) is 7.13. The Morgan fingerprint density at radius 3 is 2.87 bits per heavy atom. The summed E-state index contributed by atoms with van der Waals surface area (Å²) in [5.41, 5.74) is 0. The van der Waals surface area contributed by atoms with Crippen LogP contribution in [0, 0.1) is 11.8 Å². The van der Waals surface area contributed by atoms with Crippen LogP contribution in [0.4, 0.5) is 0 Å². The SMILES string of the molecule is CCC1CCC(=O)N(CC(C)CBr)CC1. The lowest BCUT2D eigenvalue weighted by Gasteiger charge is -2.23. The van der Waals surface area contributed by atoms with Gasteiger partial charge in [0.05, 0.1) is 0 Å². The zero-order chi connectivity index (χ0) is 11.3. The summed E-state index contributed by atoms with van der Waals surface area (Å²) in [6, 6.07) is 0. The van der Waals surface area contributed by atoms with Crippen LogP contribution in [-0.2, 0) is 4.79 Å². The topological polar surface area (TPSA) is 20.3 Å². The highest BCUT2D eigenvalue weighted by atomic mass is 79.9. The molecule has 0 radical (unpaired) electrons. The summed E-state index contributed by atoms with van der Waals surface area (Å²) < 4.78 is 0. The second-order valence-corrected chi connectivity index (χ2v) is 5.35. The Bertz CT molecular complexity index is 208. The summed E-state index contributed by atoms with van der Waals surface area (Å²) >= 11 is 3.47. The maximum Gasteiger partial charge on any atom is 0.222 e. The normalized spacial score (nSPS) is 25.1. The molecule has 0 aromatic rings. The van der Waals surface area contributed by atoms with Gasteiger partial charge in [-0.2, -0.15) is 0 Å². The molecule has 0 bridgehead atoms. The average Bonchev–Trinajstić information content (AvgIpc) is 2.42. The number of carbonyl (C=O) groups excluding carboxylic acids is 1. The largest absolute Gasteiger partial charge is 0.342 e. The molecule has 1 rings (SSSR count). The molecule has 0 aromatic carbocycles. The molecule has 0 N–H and O–H groups in total. The van der Waals surface area contributed by atoms with Gasteiger partial charge in [0.25, 0.3) is 0 Å². The number of nitrogens with zero attached hydrogens (tertiary/aromatic N) is 1. The fourth-order valence-corrected chi connectivity index (χ4v) is 2.32. The molecule has 88 valence electrons. The Balaban J connectivity index is 2.46. The molecular weight excluding hydrogens is 254 g/mol. The second kappa shape index (κ2) is 6.51. The third-order valence-corrected chi connectivity index (χ3v) is 4.40. The maximum absolute atomic E-state index is 11.8. The van der Waals surface area contributed by atoms with Crippen molar-refractivity contribution in [2.45, 2.75) is 39.5 Å². The third kappa shape index (κ3) is 4.13. The van der Waals surface area contributed by atoms with E-state index in [1.807, 2.05) is 0 Å². The van der Waals surface area contributed by atoms with Gasteiger partial charge in [-0.05, 0) is 24.7 Å². The second-order valence-electron chi connectivity index (χ2n) is 4.70. The van der Waals surface area contributed by atoms with Crippen molar-refractivity contribution < 1.29 is 4.79 Å². The van der Waals surface area contributed by atoms with Crippen molar-refractivity contribution >= 4 is 21.8 Å². The minimum atomic E-state index is 0.360. The van der Waals surface area contributed by atoms with Crippen LogP contribution in [0.3, 0.4) is 0 Å². The van der Waals surface area contributed by atoms with Gasteiger partial charge in [-0.25, -0.2) is 0 Å². The molecule has 0 aromatic heterocycles. The quantitative estimate of drug-likeness (QED) is 0.723. The zero-order valence-electron chi connectivity index (χ0n) is 9.84. The van der Waals surface area contributed by atoms with Gasteiger partial charge < -0.3 is 4.90 Å². The van der Waals surface area contributed by atoms with Gasteiger partial charge in [-0.15, -0.1) is 0 Å². The van der Waals surface area contributed by atoms with Crippen molar-refractivity contribution in [1.82, 2.24) is 4.90 Å². The number of rotatable bonds is 4. The molecule has 2 atom stereocenters. The van der Waals surface area contributed by atoms with Crippen LogP contribution in [0.1, 0.15) is 39.5 Å². The Labute approximate surface area is 102 Å². The standard InChI is InChI=1S/C12H22BrNO/c1-3-11-4-5-12(15)14(7-6-11)9-10(2)8-13/h10-11H,3-9H2,1-2H3. The summed E-state index contributed by atoms with van der Waals surface area (Å²) in [7, 11) is 0. The first-order valence-electron chi connectivity index (χ1n) is 6.01. The van der Waals surface area contributed by atoms with Crippen LogP contribution in [0.15, 0.2) is 0 Å². The molecule has 0 aliphatic carbocycles. The number of likely N-dealkylation sites (tertiary alicyclic amines) is 1. The smallest absolute Gasteiger partial charge is 0.222 e. The lowest BCUT2D eigenvalue weighted by atomic mass is 9.98. The monoisotopic (exact) mass is 275 g/mol. The van der Waals surface area contributed by atoms with Crippen LogP contribution < -0.4 is 0 Å². The van der Waals surface area contributed by atoms with E-state index >= 15 is 0 Å². The van der Waals surface area contributed by atoms with Crippen molar-refractivity contribution in [3.8, 4) is 0 Å². The first kappa shape index (κ1) is 13.0. The summed E-state index contributed by atoms with van der Waals surface area (Å²) in [5, 5.41) is 0.980. The van der Waals surface area contributed by atoms with Crippen molar-refractivity contribution in [3.63, 3.8) is 0 Å². The van der Waals surface area contributed by atoms with Crippen molar-refractivity contribution in [2.24, 2.45) is 11.8 Å². The number of hydrogen-bond acceptors (Lipinski definition) is 1. The molecule has 1 saturated heterocycles. The molecule has 1 aliphatic rings. The fourth-order valence-electron chi connectivity index (χ4n) is 2.12. The van der Waals surface area contributed by atoms with Gasteiger partial charge in [0.1, 0.15) is 0 Å². The average molecular weight is 276 g/mol. The number of halogens is 1. The minimum Gasteiger partial charge on any atom is -0.342 e. The highest BCUT2D eigenvalue weighted by molar-refractivity contribution is 9.09. The van der Waals surface area contributed by atoms with Gasteiger partial charge in [-0.3, -0.25) is 4.79 Å². The Kier molecular flexibility index (Phi) is 5.65. The molecule has 1 amide bonds. The molecular formula is C12H22BrNO. The van der Waals surface area contributed by atoms with E-state index in [-0.39, 0.29) is 0 Å². The predicted octanol–water partition coefficient (Wildman–Crippen LogP) is 3.06. The van der Waals surface area contributed by atoms with E-state index in [1.165, 1.54) is 12.8 Å². The highest BCUT2D eigenvalue weighted by Crippen LogP contribution is 2.21. The number of hydrogen-bond donors (Lipinski definition) is 0. The number of alkyl halides is 1. The molecule has 15 heavy (non-hydrogen) atoms. The summed E-state index contributed by atoms with van der Waals surface area (Å²) in [4.78, 5) is 13.9. The number of amides is 1. The van der Waals surface area contributed by atoms with Gasteiger partial charge in [-0.1, -0.05) is 36.2 Å². The molecule has 3 heteroatoms. The molecule has 1 heterocycles. The fraction of sp³-hybridized carbons (Fsp3) is 0.917. The first-order chi connectivity index (χ1) is 7.17. The summed E-state index contributed by atoms with van der Waals surface area (Å²) in [5.74, 6) is 1.68. The van der Waals surface area contributed by atoms with E-state index in [0.717, 1.165) is 37.2 Å². The lowest BCUT2D eigenvalue weighted by Crippen LogP contribution is -2.34. The highest BCUT2D eigenvalue weighted by Gasteiger charge is 2.22. The van der Waals surface area contributed by atoms with E-state index in [9.17, 15) is 4.79 Å². The number of carbonyl (C=O) groups is 1. The Hall–Kier alpha value is -0.0500.